The van der Waals surface area contributed by atoms with Crippen LogP contribution in [0.5, 0.6) is 0 Å². The first kappa shape index (κ1) is 63.4. The molecule has 0 aliphatic carbocycles. The highest BCUT2D eigenvalue weighted by Gasteiger charge is 2.19. The highest BCUT2D eigenvalue weighted by molar-refractivity contribution is 7.85. The first-order valence-corrected chi connectivity index (χ1v) is 18.5. The number of carbonyl (C=O) groups is 8. The van der Waals surface area contributed by atoms with Crippen LogP contribution in [0, 0.1) is 0 Å². The number of hydrogen-bond acceptors (Lipinski definition) is 16. The Labute approximate surface area is 325 Å². The van der Waals surface area contributed by atoms with Gasteiger partial charge in [-0.3, -0.25) is 38.1 Å². The van der Waals surface area contributed by atoms with Crippen molar-refractivity contribution < 1.29 is 82.0 Å². The van der Waals surface area contributed by atoms with Crippen LogP contribution < -0.4 is 45.0 Å². The summed E-state index contributed by atoms with van der Waals surface area (Å²) in [5, 5.41) is 53.8. The van der Waals surface area contributed by atoms with Crippen molar-refractivity contribution in [3.05, 3.63) is 0 Å². The fourth-order valence-corrected chi connectivity index (χ4v) is 3.38. The molecule has 0 saturated heterocycles. The molecule has 0 bridgehead atoms. The van der Waals surface area contributed by atoms with E-state index in [9.17, 15) is 46.8 Å². The molecule has 0 aliphatic rings. The summed E-state index contributed by atoms with van der Waals surface area (Å²) < 4.78 is 28.0. The van der Waals surface area contributed by atoms with Gasteiger partial charge in [0.2, 0.25) is 11.8 Å². The van der Waals surface area contributed by atoms with Gasteiger partial charge in [0.15, 0.2) is 0 Å². The molecule has 0 rings (SSSR count). The maximum Gasteiger partial charge on any atom is 0.326 e. The largest absolute Gasteiger partial charge is 0.481 e. The molecule has 0 saturated carbocycles. The summed E-state index contributed by atoms with van der Waals surface area (Å²) in [6.07, 6.45) is 5.65. The molecule has 21 N–H and O–H groups in total. The molecule has 0 fully saturated rings. The average molecular weight is 841 g/mol. The number of hydrogen-bond donors (Lipinski definition) is 15. The molecule has 2 amide bonds. The summed E-state index contributed by atoms with van der Waals surface area (Å²) in [5.74, 6) is -7.65. The molecule has 25 nitrogen and oxygen atoms in total. The quantitative estimate of drug-likeness (QED) is 0.0354. The standard InChI is InChI=1S/C7H14N2O3.C6H11NO4.C5H14N2.C5H9NO3.C4H9NO2.C3H7NO5S/c1-5(10)9-6(7(11)12)3-2-4-8;7-4(6(10)11)2-1-3-5(8)9;6-4-2-1-3-5-7;1-4(7)6-3-2-5(8)9;5-3-1-2-4(6)7;4-2(3(5)6)1-10(7,8)9/h6H,2-4,8H2,1H3,(H,9,10)(H,11,12);4H,1-3,7H2,(H,8,9)(H,10,11);1-7H2;2-3H2,1H3,(H,6,7)(H,8,9);1-3,5H2,(H,6,7);2H,1,4H2,(H,5,6)(H,7,8,9). The lowest BCUT2D eigenvalue weighted by atomic mass is 10.1. The number of rotatable bonds is 23. The third-order valence-corrected chi connectivity index (χ3v) is 6.30. The highest BCUT2D eigenvalue weighted by atomic mass is 32.2. The molecular formula is C30H64N8O17S. The van der Waals surface area contributed by atoms with E-state index >= 15 is 0 Å². The van der Waals surface area contributed by atoms with Gasteiger partial charge in [-0.05, 0) is 71.1 Å². The van der Waals surface area contributed by atoms with Crippen molar-refractivity contribution in [2.24, 2.45) is 34.4 Å². The van der Waals surface area contributed by atoms with Crippen LogP contribution in [-0.2, 0) is 48.5 Å². The van der Waals surface area contributed by atoms with Crippen molar-refractivity contribution in [2.45, 2.75) is 103 Å². The second-order valence-corrected chi connectivity index (χ2v) is 12.5. The van der Waals surface area contributed by atoms with Crippen molar-refractivity contribution in [3.63, 3.8) is 0 Å². The molecular weight excluding hydrogens is 776 g/mol. The Morgan fingerprint density at radius 2 is 0.946 bits per heavy atom. The third kappa shape index (κ3) is 70.9. The first-order chi connectivity index (χ1) is 25.7. The molecule has 0 aromatic rings. The minimum atomic E-state index is -4.27. The number of aliphatic carboxylic acids is 6. The molecule has 26 heteroatoms. The van der Waals surface area contributed by atoms with E-state index in [1.54, 1.807) is 0 Å². The van der Waals surface area contributed by atoms with Crippen molar-refractivity contribution in [1.82, 2.24) is 10.6 Å². The monoisotopic (exact) mass is 840 g/mol. The van der Waals surface area contributed by atoms with Crippen LogP contribution in [0.2, 0.25) is 0 Å². The lowest BCUT2D eigenvalue weighted by Crippen LogP contribution is -2.39. The van der Waals surface area contributed by atoms with Crippen molar-refractivity contribution in [1.29, 1.82) is 0 Å². The zero-order chi connectivity index (χ0) is 45.3. The van der Waals surface area contributed by atoms with Crippen LogP contribution in [0.1, 0.15) is 84.5 Å². The topological polar surface area (TPSA) is 492 Å². The van der Waals surface area contributed by atoms with E-state index in [0.717, 1.165) is 25.9 Å². The van der Waals surface area contributed by atoms with Gasteiger partial charge in [0.05, 0.1) is 6.42 Å². The van der Waals surface area contributed by atoms with Gasteiger partial charge in [0, 0.05) is 33.2 Å². The van der Waals surface area contributed by atoms with Crippen LogP contribution in [0.3, 0.4) is 0 Å². The van der Waals surface area contributed by atoms with Crippen LogP contribution >= 0.6 is 0 Å². The molecule has 3 atom stereocenters. The number of nitrogens with one attached hydrogen (secondary N) is 2. The minimum absolute atomic E-state index is 0.0143. The zero-order valence-electron chi connectivity index (χ0n) is 31.8. The van der Waals surface area contributed by atoms with E-state index in [0.29, 0.717) is 38.8 Å². The summed E-state index contributed by atoms with van der Waals surface area (Å²) in [6.45, 7) is 5.36. The molecule has 3 unspecified atom stereocenters. The lowest BCUT2D eigenvalue weighted by Gasteiger charge is -2.11. The van der Waals surface area contributed by atoms with E-state index in [1.807, 2.05) is 0 Å². The summed E-state index contributed by atoms with van der Waals surface area (Å²) >= 11 is 0. The fraction of sp³-hybridized carbons (Fsp3) is 0.733. The molecule has 56 heavy (non-hydrogen) atoms. The van der Waals surface area contributed by atoms with Crippen LogP contribution in [0.4, 0.5) is 0 Å². The Bertz CT molecular complexity index is 1190. The number of carboxylic acid groups (broad SMARTS) is 6. The highest BCUT2D eigenvalue weighted by Crippen LogP contribution is 1.98. The fourth-order valence-electron chi connectivity index (χ4n) is 2.78. The molecule has 0 aliphatic heterocycles. The predicted octanol–water partition coefficient (Wildman–Crippen LogP) is -3.26. The molecule has 0 aromatic heterocycles. The average Bonchev–Trinajstić information content (AvgIpc) is 3.05. The maximum atomic E-state index is 10.5. The van der Waals surface area contributed by atoms with E-state index < -0.39 is 69.8 Å². The van der Waals surface area contributed by atoms with Gasteiger partial charge in [-0.25, -0.2) is 4.79 Å². The van der Waals surface area contributed by atoms with Crippen molar-refractivity contribution >= 4 is 57.7 Å². The molecule has 0 spiro atoms. The van der Waals surface area contributed by atoms with Crippen LogP contribution in [-0.4, -0.2) is 148 Å². The maximum absolute atomic E-state index is 10.5. The molecule has 332 valence electrons. The Morgan fingerprint density at radius 3 is 1.21 bits per heavy atom. The predicted molar refractivity (Wildman–Crippen MR) is 201 cm³/mol. The summed E-state index contributed by atoms with van der Waals surface area (Å²) in [5.41, 5.74) is 30.5. The Morgan fingerprint density at radius 1 is 0.536 bits per heavy atom. The number of amides is 2. The molecule has 0 aromatic carbocycles. The van der Waals surface area contributed by atoms with Gasteiger partial charge in [-0.1, -0.05) is 6.42 Å². The number of nitrogens with two attached hydrogens (primary N) is 6. The Kier molecular flexibility index (Phi) is 48.8. The van der Waals surface area contributed by atoms with Crippen LogP contribution in [0.25, 0.3) is 0 Å². The second kappa shape index (κ2) is 43.2. The number of carboxylic acids is 6. The Hall–Kier alpha value is -4.57. The van der Waals surface area contributed by atoms with E-state index in [1.165, 1.54) is 20.3 Å². The summed E-state index contributed by atoms with van der Waals surface area (Å²) in [6, 6.07) is -3.30. The molecule has 0 radical (unpaired) electrons. The van der Waals surface area contributed by atoms with Gasteiger partial charge in [-0.2, -0.15) is 8.42 Å². The van der Waals surface area contributed by atoms with E-state index in [-0.39, 0.29) is 44.0 Å². The summed E-state index contributed by atoms with van der Waals surface area (Å²) in [4.78, 5) is 80.6. The zero-order valence-corrected chi connectivity index (χ0v) is 32.7. The third-order valence-electron chi connectivity index (χ3n) is 5.52. The second-order valence-electron chi connectivity index (χ2n) is 11.0. The smallest absolute Gasteiger partial charge is 0.326 e. The van der Waals surface area contributed by atoms with Gasteiger partial charge >= 0.3 is 35.8 Å². The minimum Gasteiger partial charge on any atom is -0.481 e. The summed E-state index contributed by atoms with van der Waals surface area (Å²) in [7, 11) is -4.27. The van der Waals surface area contributed by atoms with Crippen molar-refractivity contribution in [2.75, 3.05) is 38.5 Å². The van der Waals surface area contributed by atoms with Crippen molar-refractivity contribution in [3.8, 4) is 0 Å². The van der Waals surface area contributed by atoms with E-state index in [4.69, 9.17) is 69.6 Å². The van der Waals surface area contributed by atoms with Gasteiger partial charge in [0.1, 0.15) is 23.9 Å². The normalized spacial score (nSPS) is 11.3. The van der Waals surface area contributed by atoms with Gasteiger partial charge < -0.3 is 75.7 Å². The van der Waals surface area contributed by atoms with Gasteiger partial charge in [-0.15, -0.1) is 0 Å². The van der Waals surface area contributed by atoms with E-state index in [2.05, 4.69) is 10.6 Å². The van der Waals surface area contributed by atoms with Gasteiger partial charge in [0.25, 0.3) is 10.1 Å². The SMILES string of the molecule is CC(=O)NC(CCCN)C(=O)O.CC(=O)NCCC(=O)O.NC(CCCC(=O)O)C(=O)O.NC(CS(=O)(=O)O)C(=O)O.NCCCC(=O)O.NCCCCCN. The molecule has 0 heterocycles. The van der Waals surface area contributed by atoms with Crippen LogP contribution in [0.15, 0.2) is 0 Å². The Balaban J connectivity index is -0.000000135. The number of carbonyl (C=O) groups excluding carboxylic acids is 2. The number of unbranched alkanes of at least 4 members (excludes halogenated alkanes) is 2. The lowest BCUT2D eigenvalue weighted by molar-refractivity contribution is -0.142. The first-order valence-electron chi connectivity index (χ1n) is 16.9.